The number of nitrogens with zero attached hydrogens (tertiary/aromatic N) is 1. The van der Waals surface area contributed by atoms with Crippen LogP contribution in [0.15, 0.2) is 12.1 Å². The number of benzene rings is 1. The molecule has 1 aromatic rings. The van der Waals surface area contributed by atoms with Crippen molar-refractivity contribution >= 4 is 12.7 Å². The normalized spacial score (nSPS) is 21.1. The standard InChI is InChI=1S/C18H28BN2O/c1-3-18(20,12-22)11-21-9-14(10-21)8-16-5-4-15-6-7-19-17(15)13(16)2/h4-5,14,22H,3,6-12,20H2,1-2H3. The zero-order valence-corrected chi connectivity index (χ0v) is 13.9. The monoisotopic (exact) mass is 299 g/mol. The second-order valence-electron chi connectivity index (χ2n) is 7.30. The van der Waals surface area contributed by atoms with Gasteiger partial charge in [-0.1, -0.05) is 42.0 Å². The van der Waals surface area contributed by atoms with Crippen molar-refractivity contribution in [3.8, 4) is 0 Å². The molecule has 0 bridgehead atoms. The number of rotatable bonds is 6. The minimum absolute atomic E-state index is 0.0738. The van der Waals surface area contributed by atoms with Gasteiger partial charge in [0.15, 0.2) is 7.28 Å². The van der Waals surface area contributed by atoms with Gasteiger partial charge in [0.2, 0.25) is 0 Å². The highest BCUT2D eigenvalue weighted by atomic mass is 16.3. The number of hydrogen-bond acceptors (Lipinski definition) is 3. The first-order chi connectivity index (χ1) is 10.5. The van der Waals surface area contributed by atoms with Crippen molar-refractivity contribution in [1.82, 2.24) is 4.90 Å². The molecule has 0 aliphatic carbocycles. The molecule has 3 rings (SSSR count). The molecule has 2 heterocycles. The molecular formula is C18H28BN2O. The van der Waals surface area contributed by atoms with Crippen LogP contribution in [-0.4, -0.2) is 49.1 Å². The van der Waals surface area contributed by atoms with Crippen LogP contribution in [0.25, 0.3) is 0 Å². The summed E-state index contributed by atoms with van der Waals surface area (Å²) in [5.74, 6) is 0.734. The number of nitrogens with two attached hydrogens (primary N) is 1. The molecule has 2 aliphatic rings. The van der Waals surface area contributed by atoms with Gasteiger partial charge < -0.3 is 15.7 Å². The van der Waals surface area contributed by atoms with Crippen molar-refractivity contribution in [3.05, 3.63) is 28.8 Å². The third kappa shape index (κ3) is 3.10. The Kier molecular flexibility index (Phi) is 4.63. The quantitative estimate of drug-likeness (QED) is 0.767. The van der Waals surface area contributed by atoms with E-state index in [0.717, 1.165) is 32.0 Å². The lowest BCUT2D eigenvalue weighted by atomic mass is 9.69. The summed E-state index contributed by atoms with van der Waals surface area (Å²) >= 11 is 0. The van der Waals surface area contributed by atoms with Crippen LogP contribution in [0.1, 0.15) is 30.0 Å². The zero-order valence-electron chi connectivity index (χ0n) is 13.9. The Bertz CT molecular complexity index is 536. The van der Waals surface area contributed by atoms with Gasteiger partial charge >= 0.3 is 0 Å². The molecule has 3 N–H and O–H groups in total. The van der Waals surface area contributed by atoms with Crippen LogP contribution in [0, 0.1) is 12.8 Å². The van der Waals surface area contributed by atoms with Crippen LogP contribution in [0.2, 0.25) is 6.32 Å². The molecule has 0 saturated carbocycles. The molecule has 1 saturated heterocycles. The second-order valence-corrected chi connectivity index (χ2v) is 7.30. The van der Waals surface area contributed by atoms with Crippen molar-refractivity contribution in [3.63, 3.8) is 0 Å². The summed E-state index contributed by atoms with van der Waals surface area (Å²) in [5.41, 5.74) is 11.8. The maximum atomic E-state index is 9.43. The first-order valence-electron chi connectivity index (χ1n) is 8.61. The summed E-state index contributed by atoms with van der Waals surface area (Å²) in [6.45, 7) is 7.44. The summed E-state index contributed by atoms with van der Waals surface area (Å²) in [6, 6.07) is 4.66. The first-order valence-corrected chi connectivity index (χ1v) is 8.61. The van der Waals surface area contributed by atoms with Crippen LogP contribution < -0.4 is 11.2 Å². The maximum absolute atomic E-state index is 9.43. The van der Waals surface area contributed by atoms with E-state index in [1.165, 1.54) is 41.3 Å². The molecule has 119 valence electrons. The summed E-state index contributed by atoms with van der Waals surface area (Å²) in [5, 5.41) is 9.43. The highest BCUT2D eigenvalue weighted by Gasteiger charge is 2.33. The summed E-state index contributed by atoms with van der Waals surface area (Å²) in [6.07, 6.45) is 4.41. The van der Waals surface area contributed by atoms with Gasteiger partial charge in [0, 0.05) is 19.6 Å². The molecule has 3 nitrogen and oxygen atoms in total. The van der Waals surface area contributed by atoms with Gasteiger partial charge in [0.1, 0.15) is 0 Å². The van der Waals surface area contributed by atoms with Crippen LogP contribution in [0.5, 0.6) is 0 Å². The van der Waals surface area contributed by atoms with Crippen molar-refractivity contribution in [2.45, 2.75) is 45.0 Å². The van der Waals surface area contributed by atoms with Crippen LogP contribution in [-0.2, 0) is 12.8 Å². The highest BCUT2D eigenvalue weighted by molar-refractivity contribution is 6.56. The number of likely N-dealkylation sites (tertiary alicyclic amines) is 1. The largest absolute Gasteiger partial charge is 0.394 e. The number of hydrogen-bond donors (Lipinski definition) is 2. The topological polar surface area (TPSA) is 49.5 Å². The predicted molar refractivity (Wildman–Crippen MR) is 93.0 cm³/mol. The Balaban J connectivity index is 1.55. The Hall–Kier alpha value is -0.835. The van der Waals surface area contributed by atoms with E-state index in [0.29, 0.717) is 0 Å². The highest BCUT2D eigenvalue weighted by Crippen LogP contribution is 2.25. The fourth-order valence-electron chi connectivity index (χ4n) is 3.89. The Morgan fingerprint density at radius 1 is 1.41 bits per heavy atom. The van der Waals surface area contributed by atoms with E-state index in [-0.39, 0.29) is 6.61 Å². The van der Waals surface area contributed by atoms with Gasteiger partial charge in [-0.15, -0.1) is 0 Å². The minimum atomic E-state index is -0.427. The average Bonchev–Trinajstić information content (AvgIpc) is 2.96. The number of aliphatic hydroxyl groups is 1. The van der Waals surface area contributed by atoms with Crippen LogP contribution in [0.4, 0.5) is 0 Å². The van der Waals surface area contributed by atoms with E-state index < -0.39 is 5.54 Å². The molecule has 22 heavy (non-hydrogen) atoms. The third-order valence-corrected chi connectivity index (χ3v) is 5.58. The average molecular weight is 299 g/mol. The lowest BCUT2D eigenvalue weighted by molar-refractivity contribution is 0.0522. The first kappa shape index (κ1) is 16.0. The molecule has 4 heteroatoms. The number of aryl methyl sites for hydroxylation is 1. The van der Waals surface area contributed by atoms with Gasteiger partial charge in [-0.05, 0) is 37.7 Å². The van der Waals surface area contributed by atoms with E-state index >= 15 is 0 Å². The summed E-state index contributed by atoms with van der Waals surface area (Å²) in [4.78, 5) is 2.39. The molecule has 1 unspecified atom stereocenters. The lowest BCUT2D eigenvalue weighted by Gasteiger charge is -2.44. The SMILES string of the molecule is CCC(N)(CO)CN1CC(Cc2ccc3c(c2C)[B]CC3)C1. The molecule has 2 aliphatic heterocycles. The van der Waals surface area contributed by atoms with Crippen LogP contribution >= 0.6 is 0 Å². The fraction of sp³-hybridized carbons (Fsp3) is 0.667. The minimum Gasteiger partial charge on any atom is -0.394 e. The molecule has 1 fully saturated rings. The molecule has 1 aromatic carbocycles. The molecular weight excluding hydrogens is 271 g/mol. The third-order valence-electron chi connectivity index (χ3n) is 5.58. The summed E-state index contributed by atoms with van der Waals surface area (Å²) in [7, 11) is 2.40. The molecule has 0 amide bonds. The van der Waals surface area contributed by atoms with E-state index in [9.17, 15) is 5.11 Å². The van der Waals surface area contributed by atoms with Gasteiger partial charge in [0.25, 0.3) is 0 Å². The number of aliphatic hydroxyl groups excluding tert-OH is 1. The van der Waals surface area contributed by atoms with Gasteiger partial charge in [-0.2, -0.15) is 0 Å². The van der Waals surface area contributed by atoms with Gasteiger partial charge in [-0.3, -0.25) is 0 Å². The van der Waals surface area contributed by atoms with Crippen molar-refractivity contribution in [2.75, 3.05) is 26.2 Å². The van der Waals surface area contributed by atoms with Crippen molar-refractivity contribution in [2.24, 2.45) is 11.7 Å². The molecule has 1 atom stereocenters. The number of fused-ring (bicyclic) bond motifs is 1. The fourth-order valence-corrected chi connectivity index (χ4v) is 3.89. The van der Waals surface area contributed by atoms with Crippen molar-refractivity contribution < 1.29 is 5.11 Å². The van der Waals surface area contributed by atoms with Gasteiger partial charge in [0.05, 0.1) is 12.1 Å². The van der Waals surface area contributed by atoms with E-state index in [4.69, 9.17) is 5.73 Å². The second kappa shape index (κ2) is 6.35. The van der Waals surface area contributed by atoms with E-state index in [1.807, 2.05) is 0 Å². The van der Waals surface area contributed by atoms with Gasteiger partial charge in [-0.25, -0.2) is 0 Å². The zero-order chi connectivity index (χ0) is 15.7. The lowest BCUT2D eigenvalue weighted by Crippen LogP contribution is -2.59. The summed E-state index contributed by atoms with van der Waals surface area (Å²) < 4.78 is 0. The Morgan fingerprint density at radius 2 is 2.18 bits per heavy atom. The molecule has 0 spiro atoms. The van der Waals surface area contributed by atoms with E-state index in [1.54, 1.807) is 0 Å². The predicted octanol–water partition coefficient (Wildman–Crippen LogP) is 0.873. The Labute approximate surface area is 135 Å². The maximum Gasteiger partial charge on any atom is 0.152 e. The molecule has 1 radical (unpaired) electrons. The van der Waals surface area contributed by atoms with E-state index in [2.05, 4.69) is 38.2 Å². The van der Waals surface area contributed by atoms with Crippen LogP contribution in [0.3, 0.4) is 0 Å². The Morgan fingerprint density at radius 3 is 2.86 bits per heavy atom. The smallest absolute Gasteiger partial charge is 0.152 e. The molecule has 0 aromatic heterocycles. The van der Waals surface area contributed by atoms with Crippen molar-refractivity contribution in [1.29, 1.82) is 0 Å².